The van der Waals surface area contributed by atoms with Crippen molar-refractivity contribution >= 4 is 91.4 Å². The van der Waals surface area contributed by atoms with Crippen LogP contribution in [0.2, 0.25) is 0 Å². The van der Waals surface area contributed by atoms with Gasteiger partial charge in [-0.3, -0.25) is 0 Å². The van der Waals surface area contributed by atoms with Crippen molar-refractivity contribution in [1.82, 2.24) is 4.40 Å². The van der Waals surface area contributed by atoms with Gasteiger partial charge in [-0.15, -0.1) is 11.3 Å². The number of thiophene rings is 1. The van der Waals surface area contributed by atoms with Gasteiger partial charge < -0.3 is 8.82 Å². The third-order valence-electron chi connectivity index (χ3n) is 7.54. The van der Waals surface area contributed by atoms with Gasteiger partial charge in [0.2, 0.25) is 0 Å². The van der Waals surface area contributed by atoms with Gasteiger partial charge in [0.1, 0.15) is 11.2 Å². The van der Waals surface area contributed by atoms with Crippen LogP contribution < -0.4 is 0 Å². The van der Waals surface area contributed by atoms with Crippen LogP contribution in [-0.2, 0) is 0 Å². The average Bonchev–Trinajstić information content (AvgIpc) is 3.57. The van der Waals surface area contributed by atoms with Crippen molar-refractivity contribution in [1.29, 1.82) is 0 Å². The van der Waals surface area contributed by atoms with Crippen LogP contribution in [0.25, 0.3) is 80.1 Å². The smallest absolute Gasteiger partial charge is 0.136 e. The minimum absolute atomic E-state index is 0.933. The molecule has 0 N–H and O–H groups in total. The van der Waals surface area contributed by atoms with Crippen molar-refractivity contribution in [2.75, 3.05) is 0 Å². The number of benzene rings is 5. The average molecular weight is 464 g/mol. The SMILES string of the molecule is c1ccc2c(c1)cn1c3cc4c(cc3c3cc5sc6ccccc6c5cc3c21)oc1ccccc14. The van der Waals surface area contributed by atoms with Crippen LogP contribution in [0.5, 0.6) is 0 Å². The Bertz CT molecular complexity index is 2330. The summed E-state index contributed by atoms with van der Waals surface area (Å²) in [5.74, 6) is 0. The van der Waals surface area contributed by atoms with Gasteiger partial charge >= 0.3 is 0 Å². The Morgan fingerprint density at radius 3 is 2.26 bits per heavy atom. The third kappa shape index (κ3) is 2.24. The summed E-state index contributed by atoms with van der Waals surface area (Å²) < 4.78 is 11.4. The molecular weight excluding hydrogens is 446 g/mol. The zero-order valence-electron chi connectivity index (χ0n) is 18.6. The number of nitrogens with zero attached hydrogens (tertiary/aromatic N) is 1. The molecule has 0 aliphatic carbocycles. The van der Waals surface area contributed by atoms with Crippen LogP contribution in [0, 0.1) is 0 Å². The topological polar surface area (TPSA) is 17.6 Å². The standard InChI is InChI=1S/C32H17NOS/c1-2-8-19-18(7-1)17-33-27-14-24-20-9-3-5-11-28(20)34-29(24)15-23(27)22-16-31-25(13-26(22)32(19)33)21-10-4-6-12-30(21)35-31/h1-17H. The number of hydrogen-bond donors (Lipinski definition) is 0. The van der Waals surface area contributed by atoms with Crippen molar-refractivity contribution in [3.05, 3.63) is 103 Å². The van der Waals surface area contributed by atoms with E-state index in [1.54, 1.807) is 0 Å². The predicted octanol–water partition coefficient (Wildman–Crippen LogP) is 9.67. The van der Waals surface area contributed by atoms with Crippen LogP contribution in [0.4, 0.5) is 0 Å². The van der Waals surface area contributed by atoms with E-state index in [0.717, 1.165) is 21.9 Å². The van der Waals surface area contributed by atoms with E-state index < -0.39 is 0 Å². The lowest BCUT2D eigenvalue weighted by atomic mass is 10.00. The number of pyridine rings is 1. The molecule has 9 aromatic rings. The quantitative estimate of drug-likeness (QED) is 0.205. The van der Waals surface area contributed by atoms with E-state index in [1.165, 1.54) is 58.1 Å². The molecule has 4 heterocycles. The lowest BCUT2D eigenvalue weighted by molar-refractivity contribution is 0.669. The Hall–Kier alpha value is -4.34. The third-order valence-corrected chi connectivity index (χ3v) is 8.68. The molecule has 5 aromatic carbocycles. The molecule has 4 aromatic heterocycles. The lowest BCUT2D eigenvalue weighted by Crippen LogP contribution is -1.90. The zero-order chi connectivity index (χ0) is 22.7. The molecule has 0 unspecified atom stereocenters. The number of hydrogen-bond acceptors (Lipinski definition) is 2. The fourth-order valence-corrected chi connectivity index (χ4v) is 7.12. The molecule has 0 saturated heterocycles. The Balaban J connectivity index is 1.60. The van der Waals surface area contributed by atoms with Crippen LogP contribution >= 0.6 is 11.3 Å². The first kappa shape index (κ1) is 18.0. The van der Waals surface area contributed by atoms with Crippen molar-refractivity contribution in [2.24, 2.45) is 0 Å². The molecule has 0 amide bonds. The van der Waals surface area contributed by atoms with Crippen molar-refractivity contribution in [3.8, 4) is 0 Å². The molecule has 0 aliphatic heterocycles. The van der Waals surface area contributed by atoms with E-state index in [0.29, 0.717) is 0 Å². The van der Waals surface area contributed by atoms with Crippen LogP contribution in [0.1, 0.15) is 0 Å². The van der Waals surface area contributed by atoms with E-state index in [2.05, 4.69) is 102 Å². The van der Waals surface area contributed by atoms with E-state index >= 15 is 0 Å². The molecule has 3 heteroatoms. The highest BCUT2D eigenvalue weighted by atomic mass is 32.1. The maximum Gasteiger partial charge on any atom is 0.136 e. The summed E-state index contributed by atoms with van der Waals surface area (Å²) in [7, 11) is 0. The second-order valence-electron chi connectivity index (χ2n) is 9.39. The highest BCUT2D eigenvalue weighted by molar-refractivity contribution is 7.25. The first-order valence-electron chi connectivity index (χ1n) is 11.9. The van der Waals surface area contributed by atoms with Crippen molar-refractivity contribution < 1.29 is 4.42 Å². The Morgan fingerprint density at radius 1 is 0.514 bits per heavy atom. The number of aromatic nitrogens is 1. The first-order valence-corrected chi connectivity index (χ1v) is 12.7. The highest BCUT2D eigenvalue weighted by Gasteiger charge is 2.17. The molecule has 0 spiro atoms. The predicted molar refractivity (Wildman–Crippen MR) is 150 cm³/mol. The molecule has 0 aliphatic rings. The fourth-order valence-electron chi connectivity index (χ4n) is 5.99. The highest BCUT2D eigenvalue weighted by Crippen LogP contribution is 2.43. The Morgan fingerprint density at radius 2 is 1.31 bits per heavy atom. The number of rotatable bonds is 0. The normalized spacial score (nSPS) is 12.6. The number of para-hydroxylation sites is 1. The van der Waals surface area contributed by atoms with Gasteiger partial charge in [-0.2, -0.15) is 0 Å². The van der Waals surface area contributed by atoms with Gasteiger partial charge in [-0.05, 0) is 41.8 Å². The summed E-state index contributed by atoms with van der Waals surface area (Å²) >= 11 is 1.87. The first-order chi connectivity index (χ1) is 17.3. The molecule has 9 rings (SSSR count). The van der Waals surface area contributed by atoms with Gasteiger partial charge in [0.25, 0.3) is 0 Å². The Labute approximate surface area is 203 Å². The summed E-state index contributed by atoms with van der Waals surface area (Å²) in [6.45, 7) is 0. The lowest BCUT2D eigenvalue weighted by Gasteiger charge is -2.11. The van der Waals surface area contributed by atoms with Gasteiger partial charge in [0.15, 0.2) is 0 Å². The molecule has 35 heavy (non-hydrogen) atoms. The summed E-state index contributed by atoms with van der Waals surface area (Å²) in [6.07, 6.45) is 2.29. The molecular formula is C32H17NOS. The Kier molecular flexibility index (Phi) is 3.20. The van der Waals surface area contributed by atoms with Gasteiger partial charge in [0, 0.05) is 58.7 Å². The van der Waals surface area contributed by atoms with Gasteiger partial charge in [0.05, 0.1) is 11.0 Å². The monoisotopic (exact) mass is 463 g/mol. The molecule has 0 radical (unpaired) electrons. The number of furan rings is 1. The van der Waals surface area contributed by atoms with Crippen LogP contribution in [0.15, 0.2) is 108 Å². The maximum absolute atomic E-state index is 6.31. The summed E-state index contributed by atoms with van der Waals surface area (Å²) in [5.41, 5.74) is 4.35. The van der Waals surface area contributed by atoms with Crippen LogP contribution in [0.3, 0.4) is 0 Å². The largest absolute Gasteiger partial charge is 0.456 e. The maximum atomic E-state index is 6.31. The summed E-state index contributed by atoms with van der Waals surface area (Å²) in [4.78, 5) is 0. The van der Waals surface area contributed by atoms with Crippen LogP contribution in [-0.4, -0.2) is 4.40 Å². The van der Waals surface area contributed by atoms with E-state index in [9.17, 15) is 0 Å². The summed E-state index contributed by atoms with van der Waals surface area (Å²) in [6, 6.07) is 35.2. The summed E-state index contributed by atoms with van der Waals surface area (Å²) in [5, 5.41) is 11.3. The molecule has 0 fully saturated rings. The van der Waals surface area contributed by atoms with Gasteiger partial charge in [-0.25, -0.2) is 0 Å². The molecule has 0 atom stereocenters. The molecule has 0 saturated carbocycles. The van der Waals surface area contributed by atoms with E-state index in [-0.39, 0.29) is 0 Å². The van der Waals surface area contributed by atoms with Gasteiger partial charge in [-0.1, -0.05) is 60.7 Å². The van der Waals surface area contributed by atoms with Crippen molar-refractivity contribution in [3.63, 3.8) is 0 Å². The van der Waals surface area contributed by atoms with E-state index in [4.69, 9.17) is 4.42 Å². The number of fused-ring (bicyclic) bond motifs is 14. The van der Waals surface area contributed by atoms with Crippen molar-refractivity contribution in [2.45, 2.75) is 0 Å². The molecule has 0 bridgehead atoms. The molecule has 2 nitrogen and oxygen atoms in total. The van der Waals surface area contributed by atoms with E-state index in [1.807, 2.05) is 17.4 Å². The minimum atomic E-state index is 0.933. The fraction of sp³-hybridized carbons (Fsp3) is 0. The molecule has 162 valence electrons. The minimum Gasteiger partial charge on any atom is -0.456 e. The second kappa shape index (κ2) is 6.21. The zero-order valence-corrected chi connectivity index (χ0v) is 19.4. The second-order valence-corrected chi connectivity index (χ2v) is 10.5.